The second kappa shape index (κ2) is 4.18. The van der Waals surface area contributed by atoms with E-state index in [1.165, 1.54) is 6.08 Å². The normalized spacial score (nSPS) is 25.5. The molecule has 0 saturated carbocycles. The molecule has 0 bridgehead atoms. The van der Waals surface area contributed by atoms with Crippen LogP contribution < -0.4 is 0 Å². The quantitative estimate of drug-likeness (QED) is 0.770. The van der Waals surface area contributed by atoms with Gasteiger partial charge in [0.1, 0.15) is 5.41 Å². The SMILES string of the molecule is CC1=CC(CBr)(C(=O)O)CC(C(=O)O)=C1. The largest absolute Gasteiger partial charge is 0.481 e. The molecule has 0 radical (unpaired) electrons. The summed E-state index contributed by atoms with van der Waals surface area (Å²) in [6, 6.07) is 0. The van der Waals surface area contributed by atoms with E-state index >= 15 is 0 Å². The van der Waals surface area contributed by atoms with Gasteiger partial charge in [-0.15, -0.1) is 0 Å². The van der Waals surface area contributed by atoms with Crippen LogP contribution in [0.15, 0.2) is 23.3 Å². The van der Waals surface area contributed by atoms with Gasteiger partial charge in [0.25, 0.3) is 0 Å². The first-order valence-corrected chi connectivity index (χ1v) is 5.46. The van der Waals surface area contributed by atoms with Crippen molar-refractivity contribution in [1.82, 2.24) is 0 Å². The fourth-order valence-electron chi connectivity index (χ4n) is 1.61. The highest BCUT2D eigenvalue weighted by molar-refractivity contribution is 9.09. The average Bonchev–Trinajstić information content (AvgIpc) is 2.16. The summed E-state index contributed by atoms with van der Waals surface area (Å²) in [5.41, 5.74) is -0.329. The lowest BCUT2D eigenvalue weighted by Crippen LogP contribution is -2.34. The highest BCUT2D eigenvalue weighted by atomic mass is 79.9. The van der Waals surface area contributed by atoms with Crippen LogP contribution >= 0.6 is 15.9 Å². The number of allylic oxidation sites excluding steroid dienone is 2. The molecule has 1 rings (SSSR count). The molecule has 0 aliphatic heterocycles. The maximum absolute atomic E-state index is 11.1. The third kappa shape index (κ3) is 2.28. The lowest BCUT2D eigenvalue weighted by atomic mass is 9.78. The molecule has 4 nitrogen and oxygen atoms in total. The van der Waals surface area contributed by atoms with E-state index in [0.717, 1.165) is 0 Å². The summed E-state index contributed by atoms with van der Waals surface area (Å²) in [4.78, 5) is 21.9. The molecule has 0 spiro atoms. The first kappa shape index (κ1) is 12.0. The summed E-state index contributed by atoms with van der Waals surface area (Å²) in [6.07, 6.45) is 3.11. The molecule has 0 aromatic carbocycles. The number of carbonyl (C=O) groups is 2. The Morgan fingerprint density at radius 1 is 1.53 bits per heavy atom. The lowest BCUT2D eigenvalue weighted by Gasteiger charge is -2.27. The Morgan fingerprint density at radius 2 is 2.13 bits per heavy atom. The van der Waals surface area contributed by atoms with Gasteiger partial charge in [0.15, 0.2) is 0 Å². The van der Waals surface area contributed by atoms with Crippen molar-refractivity contribution in [3.63, 3.8) is 0 Å². The van der Waals surface area contributed by atoms with Gasteiger partial charge < -0.3 is 10.2 Å². The number of carboxylic acids is 2. The molecule has 0 amide bonds. The number of alkyl halides is 1. The van der Waals surface area contributed by atoms with Gasteiger partial charge in [-0.3, -0.25) is 4.79 Å². The number of halogens is 1. The predicted octanol–water partition coefficient (Wildman–Crippen LogP) is 1.81. The van der Waals surface area contributed by atoms with E-state index in [1.807, 2.05) is 0 Å². The summed E-state index contributed by atoms with van der Waals surface area (Å²) in [7, 11) is 0. The van der Waals surface area contributed by atoms with E-state index in [0.29, 0.717) is 5.57 Å². The molecule has 1 aliphatic rings. The number of aliphatic carboxylic acids is 2. The van der Waals surface area contributed by atoms with Crippen molar-refractivity contribution in [3.05, 3.63) is 23.3 Å². The Balaban J connectivity index is 3.14. The van der Waals surface area contributed by atoms with E-state index in [2.05, 4.69) is 15.9 Å². The molecule has 0 aromatic heterocycles. The number of hydrogen-bond donors (Lipinski definition) is 2. The van der Waals surface area contributed by atoms with Crippen molar-refractivity contribution in [2.75, 3.05) is 5.33 Å². The van der Waals surface area contributed by atoms with Crippen LogP contribution in [-0.2, 0) is 9.59 Å². The van der Waals surface area contributed by atoms with E-state index in [-0.39, 0.29) is 17.3 Å². The van der Waals surface area contributed by atoms with E-state index < -0.39 is 17.4 Å². The van der Waals surface area contributed by atoms with Crippen molar-refractivity contribution < 1.29 is 19.8 Å². The van der Waals surface area contributed by atoms with E-state index in [9.17, 15) is 9.59 Å². The van der Waals surface area contributed by atoms with Crippen LogP contribution in [0.2, 0.25) is 0 Å². The Hall–Kier alpha value is -1.10. The first-order valence-electron chi connectivity index (χ1n) is 4.34. The summed E-state index contributed by atoms with van der Waals surface area (Å²) >= 11 is 3.13. The maximum Gasteiger partial charge on any atom is 0.331 e. The minimum atomic E-state index is -1.13. The Kier molecular flexibility index (Phi) is 3.34. The zero-order valence-corrected chi connectivity index (χ0v) is 9.74. The molecule has 82 valence electrons. The average molecular weight is 275 g/mol. The summed E-state index contributed by atoms with van der Waals surface area (Å²) in [6.45, 7) is 1.70. The maximum atomic E-state index is 11.1. The van der Waals surface area contributed by atoms with Crippen LogP contribution in [-0.4, -0.2) is 27.5 Å². The van der Waals surface area contributed by atoms with Gasteiger partial charge in [0, 0.05) is 10.9 Å². The van der Waals surface area contributed by atoms with E-state index in [1.54, 1.807) is 13.0 Å². The van der Waals surface area contributed by atoms with Gasteiger partial charge >= 0.3 is 11.9 Å². The van der Waals surface area contributed by atoms with Gasteiger partial charge in [-0.1, -0.05) is 27.6 Å². The van der Waals surface area contributed by atoms with Crippen molar-refractivity contribution in [2.24, 2.45) is 5.41 Å². The smallest absolute Gasteiger partial charge is 0.331 e. The van der Waals surface area contributed by atoms with Crippen molar-refractivity contribution in [3.8, 4) is 0 Å². The second-order valence-electron chi connectivity index (χ2n) is 3.63. The summed E-state index contributed by atoms with van der Waals surface area (Å²) in [5, 5.41) is 18.2. The zero-order chi connectivity index (χ0) is 11.6. The van der Waals surface area contributed by atoms with Gasteiger partial charge in [-0.2, -0.15) is 0 Å². The van der Waals surface area contributed by atoms with Crippen molar-refractivity contribution >= 4 is 27.9 Å². The van der Waals surface area contributed by atoms with Crippen LogP contribution in [0.5, 0.6) is 0 Å². The molecular formula is C10H11BrO4. The first-order chi connectivity index (χ1) is 6.91. The van der Waals surface area contributed by atoms with Crippen molar-refractivity contribution in [2.45, 2.75) is 13.3 Å². The Bertz CT molecular complexity index is 370. The molecule has 1 unspecified atom stereocenters. The molecule has 0 saturated heterocycles. The highest BCUT2D eigenvalue weighted by Gasteiger charge is 2.39. The topological polar surface area (TPSA) is 74.6 Å². The van der Waals surface area contributed by atoms with Crippen LogP contribution in [0.4, 0.5) is 0 Å². The van der Waals surface area contributed by atoms with Crippen LogP contribution in [0.1, 0.15) is 13.3 Å². The van der Waals surface area contributed by atoms with Crippen LogP contribution in [0, 0.1) is 5.41 Å². The zero-order valence-electron chi connectivity index (χ0n) is 8.16. The summed E-state index contributed by atoms with van der Waals surface area (Å²) in [5.74, 6) is -2.07. The van der Waals surface area contributed by atoms with Gasteiger partial charge in [-0.25, -0.2) is 4.79 Å². The Labute approximate surface area is 95.4 Å². The van der Waals surface area contributed by atoms with Crippen molar-refractivity contribution in [1.29, 1.82) is 0 Å². The molecule has 5 heteroatoms. The minimum Gasteiger partial charge on any atom is -0.481 e. The molecule has 15 heavy (non-hydrogen) atoms. The standard InChI is InChI=1S/C10H11BrO4/c1-6-2-7(8(12)13)4-10(3-6,5-11)9(14)15/h2-3H,4-5H2,1H3,(H,12,13)(H,14,15). The fourth-order valence-corrected chi connectivity index (χ4v) is 2.21. The van der Waals surface area contributed by atoms with Crippen LogP contribution in [0.25, 0.3) is 0 Å². The highest BCUT2D eigenvalue weighted by Crippen LogP contribution is 2.36. The Morgan fingerprint density at radius 3 is 2.53 bits per heavy atom. The molecule has 1 atom stereocenters. The van der Waals surface area contributed by atoms with Gasteiger partial charge in [0.2, 0.25) is 0 Å². The number of carboxylic acid groups (broad SMARTS) is 2. The molecular weight excluding hydrogens is 264 g/mol. The predicted molar refractivity (Wildman–Crippen MR) is 58.0 cm³/mol. The number of hydrogen-bond acceptors (Lipinski definition) is 2. The fraction of sp³-hybridized carbons (Fsp3) is 0.400. The molecule has 2 N–H and O–H groups in total. The molecule has 1 aliphatic carbocycles. The summed E-state index contributed by atoms with van der Waals surface area (Å²) < 4.78 is 0. The third-order valence-electron chi connectivity index (χ3n) is 2.35. The monoisotopic (exact) mass is 274 g/mol. The van der Waals surface area contributed by atoms with Gasteiger partial charge in [0.05, 0.1) is 0 Å². The second-order valence-corrected chi connectivity index (χ2v) is 4.20. The van der Waals surface area contributed by atoms with Crippen LogP contribution in [0.3, 0.4) is 0 Å². The lowest BCUT2D eigenvalue weighted by molar-refractivity contribution is -0.145. The van der Waals surface area contributed by atoms with E-state index in [4.69, 9.17) is 10.2 Å². The van der Waals surface area contributed by atoms with Gasteiger partial charge in [-0.05, 0) is 19.4 Å². The minimum absolute atomic E-state index is 0.0141. The number of rotatable bonds is 3. The molecule has 0 fully saturated rings. The molecule has 0 aromatic rings. The third-order valence-corrected chi connectivity index (χ3v) is 3.35. The molecule has 0 heterocycles.